The molecule has 0 aromatic rings. The predicted molar refractivity (Wildman–Crippen MR) is 92.2 cm³/mol. The van der Waals surface area contributed by atoms with Gasteiger partial charge in [0, 0.05) is 13.3 Å². The van der Waals surface area contributed by atoms with Crippen molar-refractivity contribution < 1.29 is 14.4 Å². The zero-order valence-corrected chi connectivity index (χ0v) is 14.8. The highest BCUT2D eigenvalue weighted by Crippen LogP contribution is 2.23. The van der Waals surface area contributed by atoms with Crippen LogP contribution in [0, 0.1) is 0 Å². The van der Waals surface area contributed by atoms with Gasteiger partial charge in [-0.2, -0.15) is 0 Å². The Balaban J connectivity index is 2.27. The number of hydrogen-bond donors (Lipinski definition) is 1. The lowest BCUT2D eigenvalue weighted by Crippen LogP contribution is -2.60. The van der Waals surface area contributed by atoms with E-state index in [-0.39, 0.29) is 17.2 Å². The summed E-state index contributed by atoms with van der Waals surface area (Å²) in [6, 6.07) is 0. The maximum atomic E-state index is 11.1. The molecule has 0 saturated heterocycles. The van der Waals surface area contributed by atoms with Crippen molar-refractivity contribution in [2.75, 3.05) is 6.54 Å². The molecule has 0 amide bonds. The molecule has 0 saturated carbocycles. The fourth-order valence-corrected chi connectivity index (χ4v) is 3.17. The number of quaternary nitrogens is 1. The molecular weight excluding hydrogens is 290 g/mol. The van der Waals surface area contributed by atoms with Gasteiger partial charge >= 0.3 is 0 Å². The van der Waals surface area contributed by atoms with Gasteiger partial charge in [0.05, 0.1) is 12.2 Å². The van der Waals surface area contributed by atoms with Crippen LogP contribution in [0.5, 0.6) is 0 Å². The van der Waals surface area contributed by atoms with Gasteiger partial charge in [-0.1, -0.05) is 58.3 Å². The molecule has 1 aliphatic rings. The van der Waals surface area contributed by atoms with E-state index in [0.29, 0.717) is 0 Å². The molecule has 0 aliphatic carbocycles. The van der Waals surface area contributed by atoms with E-state index in [1.54, 1.807) is 12.4 Å². The van der Waals surface area contributed by atoms with Crippen LogP contribution in [0.4, 0.5) is 0 Å². The third-order valence-corrected chi connectivity index (χ3v) is 4.66. The van der Waals surface area contributed by atoms with Crippen molar-refractivity contribution in [1.29, 1.82) is 0 Å². The second-order valence-corrected chi connectivity index (χ2v) is 6.62. The van der Waals surface area contributed by atoms with E-state index >= 15 is 0 Å². The van der Waals surface area contributed by atoms with E-state index in [1.807, 2.05) is 6.92 Å². The van der Waals surface area contributed by atoms with E-state index in [1.165, 1.54) is 44.9 Å². The number of unbranched alkanes of at least 4 members (excludes halogenated alkanes) is 8. The van der Waals surface area contributed by atoms with Gasteiger partial charge in [0.25, 0.3) is 0 Å². The average molecular weight is 323 g/mol. The Bertz CT molecular complexity index is 418. The Labute approximate surface area is 140 Å². The summed E-state index contributed by atoms with van der Waals surface area (Å²) in [6.45, 7) is 3.93. The fraction of sp³-hybridized carbons (Fsp3) is 0.778. The van der Waals surface area contributed by atoms with Crippen LogP contribution in [0.25, 0.3) is 0 Å². The third-order valence-electron chi connectivity index (χ3n) is 4.66. The van der Waals surface area contributed by atoms with Gasteiger partial charge in [-0.15, -0.1) is 0 Å². The van der Waals surface area contributed by atoms with Crippen LogP contribution in [0.3, 0.4) is 0 Å². The SMILES string of the molecule is CCCCCCCCCCCC1=NC=C[N+]1(CC(=O)[O-])C(C)N. The second kappa shape index (κ2) is 10.6. The molecule has 1 rings (SSSR count). The number of hydrogen-bond acceptors (Lipinski definition) is 4. The van der Waals surface area contributed by atoms with E-state index in [0.717, 1.165) is 25.1 Å². The number of rotatable bonds is 13. The summed E-state index contributed by atoms with van der Waals surface area (Å²) in [5.74, 6) is -0.235. The Morgan fingerprint density at radius 1 is 1.17 bits per heavy atom. The number of nitrogens with two attached hydrogens (primary N) is 1. The van der Waals surface area contributed by atoms with E-state index in [4.69, 9.17) is 5.73 Å². The third kappa shape index (κ3) is 6.43. The second-order valence-electron chi connectivity index (χ2n) is 6.62. The molecule has 1 heterocycles. The van der Waals surface area contributed by atoms with Crippen LogP contribution in [0.2, 0.25) is 0 Å². The standard InChI is InChI=1S/C18H33N3O2/c1-3-4-5-6-7-8-9-10-11-12-17-20-13-14-21(17,16(2)19)15-18(22)23/h13-14,16H,3-12,15,19H2,1-2H3. The first kappa shape index (κ1) is 19.8. The summed E-state index contributed by atoms with van der Waals surface area (Å²) in [7, 11) is 0. The Morgan fingerprint density at radius 2 is 1.74 bits per heavy atom. The zero-order chi connectivity index (χ0) is 17.1. The summed E-state index contributed by atoms with van der Waals surface area (Å²) in [5.41, 5.74) is 6.03. The highest BCUT2D eigenvalue weighted by molar-refractivity contribution is 5.81. The van der Waals surface area contributed by atoms with E-state index < -0.39 is 5.97 Å². The van der Waals surface area contributed by atoms with Crippen molar-refractivity contribution in [2.24, 2.45) is 10.7 Å². The highest BCUT2D eigenvalue weighted by Gasteiger charge is 2.38. The zero-order valence-electron chi connectivity index (χ0n) is 14.8. The fourth-order valence-electron chi connectivity index (χ4n) is 3.17. The van der Waals surface area contributed by atoms with Crippen molar-refractivity contribution >= 4 is 11.8 Å². The van der Waals surface area contributed by atoms with Gasteiger partial charge in [-0.05, 0) is 6.42 Å². The monoisotopic (exact) mass is 323 g/mol. The van der Waals surface area contributed by atoms with E-state index in [9.17, 15) is 9.90 Å². The molecule has 1 aliphatic heterocycles. The smallest absolute Gasteiger partial charge is 0.209 e. The number of aliphatic imine (C=N–C) groups is 1. The van der Waals surface area contributed by atoms with Crippen molar-refractivity contribution in [3.8, 4) is 0 Å². The van der Waals surface area contributed by atoms with Crippen LogP contribution in [0.15, 0.2) is 17.4 Å². The lowest BCUT2D eigenvalue weighted by molar-refractivity contribution is -0.808. The maximum absolute atomic E-state index is 11.1. The number of carbonyl (C=O) groups excluding carboxylic acids is 1. The number of nitrogens with zero attached hydrogens (tertiary/aromatic N) is 2. The van der Waals surface area contributed by atoms with Crippen molar-refractivity contribution in [2.45, 2.75) is 84.2 Å². The van der Waals surface area contributed by atoms with Gasteiger partial charge in [0.15, 0.2) is 0 Å². The van der Waals surface area contributed by atoms with E-state index in [2.05, 4.69) is 11.9 Å². The Kier molecular flexibility index (Phi) is 9.10. The van der Waals surface area contributed by atoms with Crippen molar-refractivity contribution in [3.63, 3.8) is 0 Å². The number of aliphatic carboxylic acids is 1. The minimum absolute atomic E-state index is 0.110. The molecule has 0 aromatic carbocycles. The first-order chi connectivity index (χ1) is 11.0. The summed E-state index contributed by atoms with van der Waals surface area (Å²) in [5, 5.41) is 11.1. The minimum Gasteiger partial charge on any atom is -0.544 e. The molecule has 2 N–H and O–H groups in total. The van der Waals surface area contributed by atoms with Crippen LogP contribution in [0.1, 0.15) is 78.1 Å². The minimum atomic E-state index is -1.09. The van der Waals surface area contributed by atoms with Gasteiger partial charge in [0.1, 0.15) is 18.9 Å². The molecule has 0 fully saturated rings. The van der Waals surface area contributed by atoms with Gasteiger partial charge in [-0.3, -0.25) is 5.73 Å². The maximum Gasteiger partial charge on any atom is 0.209 e. The lowest BCUT2D eigenvalue weighted by atomic mass is 10.1. The predicted octanol–water partition coefficient (Wildman–Crippen LogP) is 2.66. The van der Waals surface area contributed by atoms with Gasteiger partial charge in [0.2, 0.25) is 5.84 Å². The molecule has 5 nitrogen and oxygen atoms in total. The summed E-state index contributed by atoms with van der Waals surface area (Å²) in [6.07, 6.45) is 15.3. The van der Waals surface area contributed by atoms with Gasteiger partial charge < -0.3 is 9.90 Å². The molecule has 0 aromatic heterocycles. The lowest BCUT2D eigenvalue weighted by Gasteiger charge is -2.36. The summed E-state index contributed by atoms with van der Waals surface area (Å²) >= 11 is 0. The number of carbonyl (C=O) groups is 1. The number of carboxylic acid groups (broad SMARTS) is 1. The molecular formula is C18H33N3O2. The number of carboxylic acids is 1. The Hall–Kier alpha value is -1.20. The van der Waals surface area contributed by atoms with Crippen molar-refractivity contribution in [3.05, 3.63) is 12.4 Å². The Morgan fingerprint density at radius 3 is 2.26 bits per heavy atom. The normalized spacial score (nSPS) is 21.4. The molecule has 5 heteroatoms. The van der Waals surface area contributed by atoms with Gasteiger partial charge in [-0.25, -0.2) is 9.48 Å². The van der Waals surface area contributed by atoms with Crippen molar-refractivity contribution in [1.82, 2.24) is 0 Å². The molecule has 2 unspecified atom stereocenters. The molecule has 0 spiro atoms. The first-order valence-electron chi connectivity index (χ1n) is 9.10. The molecule has 23 heavy (non-hydrogen) atoms. The topological polar surface area (TPSA) is 78.5 Å². The van der Waals surface area contributed by atoms with Crippen LogP contribution >= 0.6 is 0 Å². The molecule has 132 valence electrons. The quantitative estimate of drug-likeness (QED) is 0.418. The molecule has 0 radical (unpaired) electrons. The number of amidine groups is 1. The largest absolute Gasteiger partial charge is 0.544 e. The first-order valence-corrected chi connectivity index (χ1v) is 9.10. The average Bonchev–Trinajstić information content (AvgIpc) is 2.89. The van der Waals surface area contributed by atoms with Crippen LogP contribution in [-0.2, 0) is 4.79 Å². The summed E-state index contributed by atoms with van der Waals surface area (Å²) in [4.78, 5) is 15.4. The molecule has 0 bridgehead atoms. The summed E-state index contributed by atoms with van der Waals surface area (Å²) < 4.78 is 0.110. The van der Waals surface area contributed by atoms with Crippen LogP contribution in [-0.4, -0.2) is 29.0 Å². The molecule has 2 atom stereocenters. The highest BCUT2D eigenvalue weighted by atomic mass is 16.4. The van der Waals surface area contributed by atoms with Crippen LogP contribution < -0.4 is 10.8 Å².